The minimum Gasteiger partial charge on any atom is -0.392 e. The smallest absolute Gasteiger partial charge is 0.0408 e. The molecule has 0 bridgehead atoms. The molecule has 2 saturated carbocycles. The van der Waals surface area contributed by atoms with Gasteiger partial charge >= 0.3 is 0 Å². The maximum atomic E-state index is 3.97. The molecule has 0 aliphatic heterocycles. The highest BCUT2D eigenvalue weighted by atomic mass is 15.1. The number of nitrogens with one attached hydrogen (secondary N) is 1. The summed E-state index contributed by atoms with van der Waals surface area (Å²) in [7, 11) is 3.91. The lowest BCUT2D eigenvalue weighted by atomic mass is 9.93. The molecule has 2 aliphatic rings. The third-order valence-corrected chi connectivity index (χ3v) is 7.28. The molecule has 2 heteroatoms. The van der Waals surface area contributed by atoms with Gasteiger partial charge in [-0.15, -0.1) is 0 Å². The monoisotopic (exact) mass is 446 g/mol. The number of rotatable bonds is 5. The van der Waals surface area contributed by atoms with Crippen molar-refractivity contribution in [2.24, 2.45) is 0 Å². The zero-order chi connectivity index (χ0) is 25.0. The van der Waals surface area contributed by atoms with E-state index in [2.05, 4.69) is 101 Å². The SMILES string of the molecule is C=C(C)N(C)c1ccc(C2(C)CC2)c(C)c1.C=C(C)NC.Cc1ccc(C2(C)CC2)c(C)c1. The molecule has 4 rings (SSSR count). The Kier molecular flexibility index (Phi) is 8.63. The average Bonchev–Trinajstić information content (AvgIpc) is 3.67. The molecule has 1 N–H and O–H groups in total. The predicted octanol–water partition coefficient (Wildman–Crippen LogP) is 8.11. The van der Waals surface area contributed by atoms with Crippen LogP contribution in [0.15, 0.2) is 61.0 Å². The summed E-state index contributed by atoms with van der Waals surface area (Å²) in [4.78, 5) is 2.13. The van der Waals surface area contributed by atoms with Gasteiger partial charge < -0.3 is 10.2 Å². The molecule has 0 unspecified atom stereocenters. The van der Waals surface area contributed by atoms with E-state index in [1.165, 1.54) is 53.6 Å². The maximum Gasteiger partial charge on any atom is 0.0408 e. The minimum atomic E-state index is 0.463. The summed E-state index contributed by atoms with van der Waals surface area (Å²) in [5.41, 5.74) is 11.6. The largest absolute Gasteiger partial charge is 0.392 e. The van der Waals surface area contributed by atoms with Gasteiger partial charge in [0, 0.05) is 25.5 Å². The Morgan fingerprint density at radius 3 is 1.58 bits per heavy atom. The molecule has 180 valence electrons. The van der Waals surface area contributed by atoms with Crippen molar-refractivity contribution < 1.29 is 0 Å². The van der Waals surface area contributed by atoms with Crippen molar-refractivity contribution in [1.29, 1.82) is 0 Å². The van der Waals surface area contributed by atoms with E-state index < -0.39 is 0 Å². The standard InChI is InChI=1S/C15H21N.C12H16.C4H9N/c1-11(2)16(5)13-6-7-14(12(3)10-13)15(4)8-9-15;1-9-4-5-11(10(2)8-9)12(3)6-7-12;1-4(2)5-3/h6-7,10H,1,8-9H2,2-5H3;4-5,8H,6-7H2,1-3H3;5H,1H2,2-3H3. The van der Waals surface area contributed by atoms with Crippen LogP contribution < -0.4 is 10.2 Å². The van der Waals surface area contributed by atoms with Crippen molar-refractivity contribution in [2.45, 2.75) is 85.0 Å². The first-order chi connectivity index (χ1) is 15.3. The molecule has 0 amide bonds. The summed E-state index contributed by atoms with van der Waals surface area (Å²) in [5, 5.41) is 2.83. The Morgan fingerprint density at radius 2 is 1.24 bits per heavy atom. The Balaban J connectivity index is 0.000000200. The molecule has 2 aliphatic carbocycles. The van der Waals surface area contributed by atoms with Crippen molar-refractivity contribution in [3.63, 3.8) is 0 Å². The predicted molar refractivity (Wildman–Crippen MR) is 147 cm³/mol. The summed E-state index contributed by atoms with van der Waals surface area (Å²) < 4.78 is 0. The van der Waals surface area contributed by atoms with Crippen LogP contribution in [0.25, 0.3) is 0 Å². The molecule has 33 heavy (non-hydrogen) atoms. The Hall–Kier alpha value is -2.48. The second-order valence-electron chi connectivity index (χ2n) is 10.8. The minimum absolute atomic E-state index is 0.463. The number of anilines is 1. The van der Waals surface area contributed by atoms with E-state index in [4.69, 9.17) is 0 Å². The van der Waals surface area contributed by atoms with E-state index in [1.807, 2.05) is 20.9 Å². The molecular weight excluding hydrogens is 400 g/mol. The topological polar surface area (TPSA) is 15.3 Å². The molecular formula is C31H46N2. The van der Waals surface area contributed by atoms with Gasteiger partial charge in [0.15, 0.2) is 0 Å². The first-order valence-electron chi connectivity index (χ1n) is 12.2. The van der Waals surface area contributed by atoms with Crippen LogP contribution in [0.3, 0.4) is 0 Å². The van der Waals surface area contributed by atoms with Gasteiger partial charge in [-0.25, -0.2) is 0 Å². The highest BCUT2D eigenvalue weighted by Crippen LogP contribution is 2.49. The van der Waals surface area contributed by atoms with Crippen LogP contribution in [-0.4, -0.2) is 14.1 Å². The maximum absolute atomic E-state index is 3.97. The van der Waals surface area contributed by atoms with Crippen LogP contribution in [0.1, 0.15) is 81.2 Å². The Labute approximate surface area is 203 Å². The molecule has 2 fully saturated rings. The molecule has 2 nitrogen and oxygen atoms in total. The van der Waals surface area contributed by atoms with E-state index >= 15 is 0 Å². The third-order valence-electron chi connectivity index (χ3n) is 7.28. The molecule has 2 aromatic carbocycles. The quantitative estimate of drug-likeness (QED) is 0.499. The average molecular weight is 447 g/mol. The van der Waals surface area contributed by atoms with Crippen LogP contribution in [0.4, 0.5) is 5.69 Å². The van der Waals surface area contributed by atoms with Crippen molar-refractivity contribution in [3.05, 3.63) is 88.8 Å². The molecule has 0 aromatic heterocycles. The second-order valence-corrected chi connectivity index (χ2v) is 10.8. The fourth-order valence-electron chi connectivity index (χ4n) is 4.16. The van der Waals surface area contributed by atoms with Crippen LogP contribution in [0.2, 0.25) is 0 Å². The van der Waals surface area contributed by atoms with E-state index in [0.29, 0.717) is 10.8 Å². The van der Waals surface area contributed by atoms with Crippen LogP contribution in [0, 0.1) is 20.8 Å². The normalized spacial score (nSPS) is 16.3. The third kappa shape index (κ3) is 7.25. The van der Waals surface area contributed by atoms with Gasteiger partial charge in [0.2, 0.25) is 0 Å². The Bertz CT molecular complexity index is 990. The van der Waals surface area contributed by atoms with Gasteiger partial charge in [-0.1, -0.05) is 56.8 Å². The van der Waals surface area contributed by atoms with Crippen molar-refractivity contribution in [3.8, 4) is 0 Å². The molecule has 2 aromatic rings. The lowest BCUT2D eigenvalue weighted by Crippen LogP contribution is -2.14. The molecule has 0 spiro atoms. The van der Waals surface area contributed by atoms with Crippen LogP contribution in [-0.2, 0) is 10.8 Å². The second kappa shape index (κ2) is 10.6. The molecule has 0 atom stereocenters. The zero-order valence-electron chi connectivity index (χ0n) is 22.7. The van der Waals surface area contributed by atoms with E-state index in [1.54, 1.807) is 5.56 Å². The molecule has 0 saturated heterocycles. The summed E-state index contributed by atoms with van der Waals surface area (Å²) in [6.45, 7) is 22.8. The fourth-order valence-corrected chi connectivity index (χ4v) is 4.16. The fraction of sp³-hybridized carbons (Fsp3) is 0.484. The number of hydrogen-bond donors (Lipinski definition) is 1. The van der Waals surface area contributed by atoms with Gasteiger partial charge in [-0.05, 0) is 111 Å². The molecule has 0 heterocycles. The van der Waals surface area contributed by atoms with Crippen LogP contribution >= 0.6 is 0 Å². The van der Waals surface area contributed by atoms with E-state index in [0.717, 1.165) is 11.4 Å². The number of aryl methyl sites for hydroxylation is 3. The van der Waals surface area contributed by atoms with E-state index in [9.17, 15) is 0 Å². The molecule has 0 radical (unpaired) electrons. The van der Waals surface area contributed by atoms with Gasteiger partial charge in [0.25, 0.3) is 0 Å². The van der Waals surface area contributed by atoms with Gasteiger partial charge in [-0.3, -0.25) is 0 Å². The number of hydrogen-bond acceptors (Lipinski definition) is 2. The van der Waals surface area contributed by atoms with Crippen molar-refractivity contribution in [1.82, 2.24) is 5.32 Å². The summed E-state index contributed by atoms with van der Waals surface area (Å²) in [6.07, 6.45) is 5.42. The number of benzene rings is 2. The Morgan fingerprint density at radius 1 is 0.818 bits per heavy atom. The van der Waals surface area contributed by atoms with Gasteiger partial charge in [0.05, 0.1) is 0 Å². The number of allylic oxidation sites excluding steroid dienone is 2. The summed E-state index contributed by atoms with van der Waals surface area (Å²) >= 11 is 0. The van der Waals surface area contributed by atoms with Crippen molar-refractivity contribution in [2.75, 3.05) is 19.0 Å². The van der Waals surface area contributed by atoms with E-state index in [-0.39, 0.29) is 0 Å². The lowest BCUT2D eigenvalue weighted by Gasteiger charge is -2.21. The highest BCUT2D eigenvalue weighted by molar-refractivity contribution is 5.55. The van der Waals surface area contributed by atoms with Crippen molar-refractivity contribution >= 4 is 5.69 Å². The first-order valence-corrected chi connectivity index (χ1v) is 12.2. The lowest BCUT2D eigenvalue weighted by molar-refractivity contribution is 0.779. The summed E-state index contributed by atoms with van der Waals surface area (Å²) in [6, 6.07) is 13.6. The zero-order valence-corrected chi connectivity index (χ0v) is 22.7. The number of nitrogens with zero attached hydrogens (tertiary/aromatic N) is 1. The van der Waals surface area contributed by atoms with Gasteiger partial charge in [0.1, 0.15) is 0 Å². The highest BCUT2D eigenvalue weighted by Gasteiger charge is 2.40. The first kappa shape index (κ1) is 26.8. The van der Waals surface area contributed by atoms with Crippen LogP contribution in [0.5, 0.6) is 0 Å². The van der Waals surface area contributed by atoms with Gasteiger partial charge in [-0.2, -0.15) is 0 Å². The summed E-state index contributed by atoms with van der Waals surface area (Å²) in [5.74, 6) is 0.